The van der Waals surface area contributed by atoms with Crippen molar-refractivity contribution in [1.29, 1.82) is 0 Å². The highest BCUT2D eigenvalue weighted by atomic mass is 35.5. The van der Waals surface area contributed by atoms with Gasteiger partial charge in [0.05, 0.1) is 17.4 Å². The summed E-state index contributed by atoms with van der Waals surface area (Å²) in [7, 11) is 1.93. The van der Waals surface area contributed by atoms with Crippen molar-refractivity contribution in [3.05, 3.63) is 52.1 Å². The first-order chi connectivity index (χ1) is 9.51. The van der Waals surface area contributed by atoms with Crippen LogP contribution in [0.15, 0.2) is 24.3 Å². The molecule has 0 radical (unpaired) electrons. The number of benzene rings is 1. The molecule has 0 saturated carbocycles. The van der Waals surface area contributed by atoms with Gasteiger partial charge >= 0.3 is 0 Å². The van der Waals surface area contributed by atoms with E-state index >= 15 is 0 Å². The Hall–Kier alpha value is -1.39. The van der Waals surface area contributed by atoms with Gasteiger partial charge in [0.15, 0.2) is 0 Å². The maximum absolute atomic E-state index is 13.1. The van der Waals surface area contributed by atoms with Crippen LogP contribution >= 0.6 is 11.6 Å². The normalized spacial score (nSPS) is 12.7. The molecule has 2 aromatic rings. The second-order valence-electron chi connectivity index (χ2n) is 4.88. The molecule has 2 rings (SSSR count). The van der Waals surface area contributed by atoms with Crippen LogP contribution in [0.4, 0.5) is 4.39 Å². The summed E-state index contributed by atoms with van der Waals surface area (Å²) in [6.45, 7) is 4.87. The molecule has 1 heterocycles. The summed E-state index contributed by atoms with van der Waals surface area (Å²) < 4.78 is 15.0. The molecule has 108 valence electrons. The molecule has 20 heavy (non-hydrogen) atoms. The minimum Gasteiger partial charge on any atom is -0.309 e. The van der Waals surface area contributed by atoms with E-state index in [9.17, 15) is 4.39 Å². The predicted molar refractivity (Wildman–Crippen MR) is 79.5 cm³/mol. The summed E-state index contributed by atoms with van der Waals surface area (Å²) in [4.78, 5) is 0. The maximum atomic E-state index is 13.1. The number of nitrogens with one attached hydrogen (secondary N) is 1. The van der Waals surface area contributed by atoms with E-state index in [0.29, 0.717) is 11.4 Å². The summed E-state index contributed by atoms with van der Waals surface area (Å²) in [5.41, 5.74) is 3.01. The number of rotatable bonds is 5. The number of hydrogen-bond acceptors (Lipinski definition) is 2. The lowest BCUT2D eigenvalue weighted by molar-refractivity contribution is 0.507. The van der Waals surface area contributed by atoms with Crippen LogP contribution in [0.3, 0.4) is 0 Å². The van der Waals surface area contributed by atoms with Gasteiger partial charge in [0, 0.05) is 12.1 Å². The number of aromatic nitrogens is 2. The zero-order valence-corrected chi connectivity index (χ0v) is 12.7. The van der Waals surface area contributed by atoms with E-state index in [1.807, 2.05) is 18.7 Å². The highest BCUT2D eigenvalue weighted by Crippen LogP contribution is 2.24. The molecule has 0 aliphatic heterocycles. The van der Waals surface area contributed by atoms with Gasteiger partial charge in [0.2, 0.25) is 0 Å². The topological polar surface area (TPSA) is 29.9 Å². The average molecular weight is 296 g/mol. The van der Waals surface area contributed by atoms with Gasteiger partial charge in [-0.1, -0.05) is 24.6 Å². The van der Waals surface area contributed by atoms with E-state index in [1.54, 1.807) is 6.07 Å². The Morgan fingerprint density at radius 3 is 2.70 bits per heavy atom. The first kappa shape index (κ1) is 15.0. The van der Waals surface area contributed by atoms with Crippen molar-refractivity contribution in [2.75, 3.05) is 6.54 Å². The molecule has 1 atom stereocenters. The third kappa shape index (κ3) is 3.38. The molecule has 0 aliphatic carbocycles. The molecule has 0 fully saturated rings. The highest BCUT2D eigenvalue weighted by Gasteiger charge is 2.17. The first-order valence-electron chi connectivity index (χ1n) is 6.69. The summed E-state index contributed by atoms with van der Waals surface area (Å²) in [5.74, 6) is -0.310. The molecule has 5 heteroatoms. The van der Waals surface area contributed by atoms with Crippen LogP contribution in [0.5, 0.6) is 0 Å². The Labute approximate surface area is 123 Å². The van der Waals surface area contributed by atoms with E-state index < -0.39 is 0 Å². The summed E-state index contributed by atoms with van der Waals surface area (Å²) in [6, 6.07) is 6.71. The van der Waals surface area contributed by atoms with Gasteiger partial charge in [-0.25, -0.2) is 4.39 Å². The number of nitrogens with zero attached hydrogens (tertiary/aromatic N) is 2. The predicted octanol–water partition coefficient (Wildman–Crippen LogP) is 3.41. The molecule has 0 aliphatic rings. The lowest BCUT2D eigenvalue weighted by atomic mass is 10.0. The van der Waals surface area contributed by atoms with Crippen molar-refractivity contribution < 1.29 is 4.39 Å². The van der Waals surface area contributed by atoms with Gasteiger partial charge in [-0.3, -0.25) is 4.68 Å². The Morgan fingerprint density at radius 1 is 1.40 bits per heavy atom. The maximum Gasteiger partial charge on any atom is 0.124 e. The number of likely N-dealkylation sites (N-methyl/N-ethyl adjacent to an activating group) is 1. The van der Waals surface area contributed by atoms with Crippen molar-refractivity contribution in [2.45, 2.75) is 26.3 Å². The van der Waals surface area contributed by atoms with Gasteiger partial charge < -0.3 is 5.32 Å². The fraction of sp³-hybridized carbons (Fsp3) is 0.400. The second-order valence-corrected chi connectivity index (χ2v) is 5.29. The third-order valence-corrected chi connectivity index (χ3v) is 3.64. The standard InChI is InChI=1S/C15H19ClFN3/c1-4-18-14(15-7-10(2)19-20(15)3)8-11-5-6-12(17)9-13(11)16/h5-7,9,14,18H,4,8H2,1-3H3. The van der Waals surface area contributed by atoms with Crippen LogP contribution in [0.1, 0.15) is 29.9 Å². The lowest BCUT2D eigenvalue weighted by Crippen LogP contribution is -2.25. The average Bonchev–Trinajstić information content (AvgIpc) is 2.71. The highest BCUT2D eigenvalue weighted by molar-refractivity contribution is 6.31. The van der Waals surface area contributed by atoms with Crippen LogP contribution in [0, 0.1) is 12.7 Å². The number of hydrogen-bond donors (Lipinski definition) is 1. The van der Waals surface area contributed by atoms with Gasteiger partial charge in [-0.15, -0.1) is 0 Å². The quantitative estimate of drug-likeness (QED) is 0.916. The minimum absolute atomic E-state index is 0.106. The Balaban J connectivity index is 2.27. The molecule has 3 nitrogen and oxygen atoms in total. The Kier molecular flexibility index (Phi) is 4.78. The largest absolute Gasteiger partial charge is 0.309 e. The molecular formula is C15H19ClFN3. The zero-order valence-electron chi connectivity index (χ0n) is 12.0. The fourth-order valence-electron chi connectivity index (χ4n) is 2.39. The lowest BCUT2D eigenvalue weighted by Gasteiger charge is -2.19. The van der Waals surface area contributed by atoms with E-state index in [-0.39, 0.29) is 11.9 Å². The van der Waals surface area contributed by atoms with Gasteiger partial charge in [-0.2, -0.15) is 5.10 Å². The van der Waals surface area contributed by atoms with Crippen molar-refractivity contribution in [1.82, 2.24) is 15.1 Å². The molecular weight excluding hydrogens is 277 g/mol. The fourth-order valence-corrected chi connectivity index (χ4v) is 2.64. The van der Waals surface area contributed by atoms with Crippen LogP contribution in [0.25, 0.3) is 0 Å². The monoisotopic (exact) mass is 295 g/mol. The summed E-state index contributed by atoms with van der Waals surface area (Å²) in [5, 5.41) is 8.27. The smallest absolute Gasteiger partial charge is 0.124 e. The van der Waals surface area contributed by atoms with Crippen molar-refractivity contribution >= 4 is 11.6 Å². The molecule has 1 N–H and O–H groups in total. The van der Waals surface area contributed by atoms with Gasteiger partial charge in [-0.05, 0) is 43.7 Å². The second kappa shape index (κ2) is 6.37. The van der Waals surface area contributed by atoms with Crippen LogP contribution in [-0.2, 0) is 13.5 Å². The minimum atomic E-state index is -0.310. The first-order valence-corrected chi connectivity index (χ1v) is 7.07. The van der Waals surface area contributed by atoms with E-state index in [0.717, 1.165) is 23.5 Å². The van der Waals surface area contributed by atoms with Crippen molar-refractivity contribution in [3.63, 3.8) is 0 Å². The molecule has 0 saturated heterocycles. The van der Waals surface area contributed by atoms with E-state index in [4.69, 9.17) is 11.6 Å². The molecule has 1 aromatic carbocycles. The van der Waals surface area contributed by atoms with E-state index in [1.165, 1.54) is 12.1 Å². The molecule has 1 unspecified atom stereocenters. The molecule has 0 spiro atoms. The van der Waals surface area contributed by atoms with Crippen molar-refractivity contribution in [3.8, 4) is 0 Å². The third-order valence-electron chi connectivity index (χ3n) is 3.28. The van der Waals surface area contributed by atoms with Crippen molar-refractivity contribution in [2.24, 2.45) is 7.05 Å². The molecule has 1 aromatic heterocycles. The Bertz CT molecular complexity index is 595. The van der Waals surface area contributed by atoms with Crippen LogP contribution in [-0.4, -0.2) is 16.3 Å². The summed E-state index contributed by atoms with van der Waals surface area (Å²) in [6.07, 6.45) is 0.700. The van der Waals surface area contributed by atoms with Gasteiger partial charge in [0.25, 0.3) is 0 Å². The van der Waals surface area contributed by atoms with Gasteiger partial charge in [0.1, 0.15) is 5.82 Å². The SMILES string of the molecule is CCNC(Cc1ccc(F)cc1Cl)c1cc(C)nn1C. The van der Waals surface area contributed by atoms with Crippen LogP contribution < -0.4 is 5.32 Å². The Morgan fingerprint density at radius 2 is 2.15 bits per heavy atom. The molecule has 0 amide bonds. The number of aryl methyl sites for hydroxylation is 2. The van der Waals surface area contributed by atoms with Crippen LogP contribution in [0.2, 0.25) is 5.02 Å². The van der Waals surface area contributed by atoms with E-state index in [2.05, 4.69) is 23.4 Å². The number of halogens is 2. The zero-order chi connectivity index (χ0) is 14.7. The molecule has 0 bridgehead atoms. The summed E-state index contributed by atoms with van der Waals surface area (Å²) >= 11 is 6.12.